The lowest BCUT2D eigenvalue weighted by atomic mass is 9.97. The summed E-state index contributed by atoms with van der Waals surface area (Å²) in [4.78, 5) is 25.8. The fraction of sp³-hybridized carbons (Fsp3) is 0.542. The van der Waals surface area contributed by atoms with Crippen molar-refractivity contribution in [2.75, 3.05) is 51.3 Å². The molecule has 1 fully saturated rings. The van der Waals surface area contributed by atoms with E-state index in [0.717, 1.165) is 50.3 Å². The molecule has 1 unspecified atom stereocenters. The Morgan fingerprint density at radius 1 is 1.22 bits per heavy atom. The Bertz CT molecular complexity index is 845. The van der Waals surface area contributed by atoms with E-state index in [0.29, 0.717) is 31.4 Å². The number of aromatic nitrogens is 2. The fourth-order valence-electron chi connectivity index (χ4n) is 3.93. The molecule has 1 atom stereocenters. The molecule has 8 heteroatoms. The van der Waals surface area contributed by atoms with Crippen LogP contribution in [-0.4, -0.2) is 67.2 Å². The number of anilines is 1. The van der Waals surface area contributed by atoms with Gasteiger partial charge in [0, 0.05) is 38.6 Å². The Balaban J connectivity index is 1.51. The van der Waals surface area contributed by atoms with Gasteiger partial charge in [-0.3, -0.25) is 4.79 Å². The van der Waals surface area contributed by atoms with E-state index in [1.54, 1.807) is 25.6 Å². The quantitative estimate of drug-likeness (QED) is 0.574. The smallest absolute Gasteiger partial charge is 0.225 e. The lowest BCUT2D eigenvalue weighted by molar-refractivity contribution is -0.125. The normalized spacial score (nSPS) is 16.1. The van der Waals surface area contributed by atoms with Gasteiger partial charge in [0.15, 0.2) is 11.5 Å². The minimum atomic E-state index is -0.0721. The summed E-state index contributed by atoms with van der Waals surface area (Å²) in [6.45, 7) is 9.75. The Kier molecular flexibility index (Phi) is 9.10. The average Bonchev–Trinajstić information content (AvgIpc) is 2.86. The van der Waals surface area contributed by atoms with E-state index in [4.69, 9.17) is 9.47 Å². The minimum Gasteiger partial charge on any atom is -0.493 e. The number of rotatable bonds is 11. The predicted octanol–water partition coefficient (Wildman–Crippen LogP) is 2.74. The van der Waals surface area contributed by atoms with E-state index < -0.39 is 0 Å². The van der Waals surface area contributed by atoms with Gasteiger partial charge in [-0.15, -0.1) is 0 Å². The highest BCUT2D eigenvalue weighted by molar-refractivity contribution is 5.79. The molecular formula is C24H35N5O3. The van der Waals surface area contributed by atoms with Crippen molar-refractivity contribution in [2.45, 2.75) is 33.2 Å². The molecule has 1 N–H and O–H groups in total. The first-order chi connectivity index (χ1) is 15.6. The van der Waals surface area contributed by atoms with E-state index in [9.17, 15) is 4.79 Å². The number of benzene rings is 1. The molecule has 1 aromatic heterocycles. The summed E-state index contributed by atoms with van der Waals surface area (Å²) < 4.78 is 11.4. The van der Waals surface area contributed by atoms with Gasteiger partial charge in [0.25, 0.3) is 0 Å². The number of methoxy groups -OCH3 is 1. The van der Waals surface area contributed by atoms with Crippen LogP contribution >= 0.6 is 0 Å². The highest BCUT2D eigenvalue weighted by Crippen LogP contribution is 2.28. The van der Waals surface area contributed by atoms with E-state index in [-0.39, 0.29) is 11.8 Å². The first kappa shape index (κ1) is 23.8. The number of amides is 1. The summed E-state index contributed by atoms with van der Waals surface area (Å²) in [6.07, 6.45) is 5.29. The van der Waals surface area contributed by atoms with Gasteiger partial charge in [-0.2, -0.15) is 0 Å². The molecule has 174 valence electrons. The third kappa shape index (κ3) is 6.56. The number of ether oxygens (including phenoxy) is 2. The van der Waals surface area contributed by atoms with E-state index in [2.05, 4.69) is 38.9 Å². The predicted molar refractivity (Wildman–Crippen MR) is 125 cm³/mol. The molecule has 32 heavy (non-hydrogen) atoms. The van der Waals surface area contributed by atoms with Crippen LogP contribution in [0.15, 0.2) is 36.7 Å². The number of nitrogens with zero attached hydrogens (tertiary/aromatic N) is 4. The summed E-state index contributed by atoms with van der Waals surface area (Å²) in [5, 5.41) is 3.08. The summed E-state index contributed by atoms with van der Waals surface area (Å²) >= 11 is 0. The highest BCUT2D eigenvalue weighted by atomic mass is 16.5. The fourth-order valence-corrected chi connectivity index (χ4v) is 3.93. The standard InChI is InChI=1S/C24H35N5O3/c1-4-28(5-2)14-15-32-21-10-9-19(16-22(21)31-3)17-27-23(30)20-8-6-13-29(18-20)24-25-11-7-12-26-24/h7,9-12,16,20H,4-6,8,13-15,17-18H2,1-3H3,(H,27,30). The molecule has 0 aliphatic carbocycles. The summed E-state index contributed by atoms with van der Waals surface area (Å²) in [7, 11) is 1.64. The molecule has 1 amide bonds. The van der Waals surface area contributed by atoms with Crippen molar-refractivity contribution in [2.24, 2.45) is 5.92 Å². The molecular weight excluding hydrogens is 406 g/mol. The SMILES string of the molecule is CCN(CC)CCOc1ccc(CNC(=O)C2CCCN(c3ncccn3)C2)cc1OC. The maximum absolute atomic E-state index is 12.8. The monoisotopic (exact) mass is 441 g/mol. The second-order valence-corrected chi connectivity index (χ2v) is 7.91. The van der Waals surface area contributed by atoms with Crippen molar-refractivity contribution in [1.82, 2.24) is 20.2 Å². The van der Waals surface area contributed by atoms with Crippen LogP contribution in [0.2, 0.25) is 0 Å². The largest absolute Gasteiger partial charge is 0.493 e. The van der Waals surface area contributed by atoms with Gasteiger partial charge in [-0.1, -0.05) is 19.9 Å². The lowest BCUT2D eigenvalue weighted by Crippen LogP contribution is -2.43. The number of carbonyl (C=O) groups is 1. The Labute approximate surface area is 190 Å². The van der Waals surface area contributed by atoms with Crippen LogP contribution in [0.25, 0.3) is 0 Å². The number of carbonyl (C=O) groups excluding carboxylic acids is 1. The maximum Gasteiger partial charge on any atom is 0.225 e. The molecule has 0 radical (unpaired) electrons. The van der Waals surface area contributed by atoms with E-state index in [1.807, 2.05) is 18.2 Å². The third-order valence-electron chi connectivity index (χ3n) is 5.88. The molecule has 1 aromatic carbocycles. The van der Waals surface area contributed by atoms with Gasteiger partial charge >= 0.3 is 0 Å². The summed E-state index contributed by atoms with van der Waals surface area (Å²) in [5.41, 5.74) is 0.977. The number of hydrogen-bond acceptors (Lipinski definition) is 7. The molecule has 1 aliphatic heterocycles. The molecule has 2 heterocycles. The van der Waals surface area contributed by atoms with E-state index >= 15 is 0 Å². The van der Waals surface area contributed by atoms with Crippen molar-refractivity contribution >= 4 is 11.9 Å². The number of piperidine rings is 1. The number of hydrogen-bond donors (Lipinski definition) is 1. The maximum atomic E-state index is 12.8. The summed E-state index contributed by atoms with van der Waals surface area (Å²) in [5.74, 6) is 2.08. The zero-order valence-corrected chi connectivity index (χ0v) is 19.4. The number of nitrogens with one attached hydrogen (secondary N) is 1. The van der Waals surface area contributed by atoms with Gasteiger partial charge in [0.2, 0.25) is 11.9 Å². The zero-order valence-electron chi connectivity index (χ0n) is 19.4. The van der Waals surface area contributed by atoms with Crippen molar-refractivity contribution in [3.63, 3.8) is 0 Å². The van der Waals surface area contributed by atoms with Crippen LogP contribution in [0.4, 0.5) is 5.95 Å². The van der Waals surface area contributed by atoms with Gasteiger partial charge in [-0.25, -0.2) is 9.97 Å². The molecule has 2 aromatic rings. The van der Waals surface area contributed by atoms with Crippen molar-refractivity contribution in [3.8, 4) is 11.5 Å². The zero-order chi connectivity index (χ0) is 22.8. The van der Waals surface area contributed by atoms with Gasteiger partial charge in [0.05, 0.1) is 13.0 Å². The second kappa shape index (κ2) is 12.2. The van der Waals surface area contributed by atoms with Crippen LogP contribution in [0.3, 0.4) is 0 Å². The van der Waals surface area contributed by atoms with Crippen LogP contribution in [0.1, 0.15) is 32.3 Å². The van der Waals surface area contributed by atoms with Crippen LogP contribution in [-0.2, 0) is 11.3 Å². The Hall–Kier alpha value is -2.87. The molecule has 3 rings (SSSR count). The minimum absolute atomic E-state index is 0.0594. The topological polar surface area (TPSA) is 79.8 Å². The van der Waals surface area contributed by atoms with Crippen LogP contribution < -0.4 is 19.7 Å². The van der Waals surface area contributed by atoms with Crippen LogP contribution in [0.5, 0.6) is 11.5 Å². The van der Waals surface area contributed by atoms with Crippen molar-refractivity contribution in [3.05, 3.63) is 42.2 Å². The van der Waals surface area contributed by atoms with Crippen LogP contribution in [0, 0.1) is 5.92 Å². The second-order valence-electron chi connectivity index (χ2n) is 7.91. The lowest BCUT2D eigenvalue weighted by Gasteiger charge is -2.31. The molecule has 0 saturated carbocycles. The molecule has 0 bridgehead atoms. The third-order valence-corrected chi connectivity index (χ3v) is 5.88. The van der Waals surface area contributed by atoms with Gasteiger partial charge in [0.1, 0.15) is 6.61 Å². The molecule has 8 nitrogen and oxygen atoms in total. The summed E-state index contributed by atoms with van der Waals surface area (Å²) in [6, 6.07) is 7.61. The first-order valence-corrected chi connectivity index (χ1v) is 11.5. The molecule has 0 spiro atoms. The highest BCUT2D eigenvalue weighted by Gasteiger charge is 2.26. The average molecular weight is 442 g/mol. The van der Waals surface area contributed by atoms with E-state index in [1.165, 1.54) is 0 Å². The molecule has 1 saturated heterocycles. The Morgan fingerprint density at radius 2 is 2.00 bits per heavy atom. The van der Waals surface area contributed by atoms with Crippen molar-refractivity contribution < 1.29 is 14.3 Å². The Morgan fingerprint density at radius 3 is 2.72 bits per heavy atom. The van der Waals surface area contributed by atoms with Gasteiger partial charge < -0.3 is 24.6 Å². The first-order valence-electron chi connectivity index (χ1n) is 11.5. The molecule has 1 aliphatic rings. The van der Waals surface area contributed by atoms with Gasteiger partial charge in [-0.05, 0) is 49.7 Å². The van der Waals surface area contributed by atoms with Crippen molar-refractivity contribution in [1.29, 1.82) is 0 Å². The number of likely N-dealkylation sites (N-methyl/N-ethyl adjacent to an activating group) is 1.